The summed E-state index contributed by atoms with van der Waals surface area (Å²) < 4.78 is 0. The minimum Gasteiger partial charge on any atom is -0.264 e. The molecule has 0 aliphatic rings. The lowest BCUT2D eigenvalue weighted by atomic mass is 9.92. The third kappa shape index (κ3) is 3.43. The number of rotatable bonds is 3. The standard InChI is InChI=1S/C34H22N2/c1-2-9-25(10-3-1)33-21-30(34-29-14-5-4-8-23(29)16-17-32(34)36-33)27-13-6-12-26(20-27)28-15-7-11-24-18-19-35-22-31(24)28/h1-22H. The summed E-state index contributed by atoms with van der Waals surface area (Å²) in [4.78, 5) is 9.49. The van der Waals surface area contributed by atoms with Crippen molar-refractivity contribution in [1.29, 1.82) is 0 Å². The van der Waals surface area contributed by atoms with Gasteiger partial charge in [-0.3, -0.25) is 4.98 Å². The molecule has 0 spiro atoms. The van der Waals surface area contributed by atoms with Crippen molar-refractivity contribution in [2.75, 3.05) is 0 Å². The van der Waals surface area contributed by atoms with Gasteiger partial charge in [0.15, 0.2) is 0 Å². The van der Waals surface area contributed by atoms with Crippen molar-refractivity contribution >= 4 is 32.4 Å². The van der Waals surface area contributed by atoms with Crippen LogP contribution in [0.1, 0.15) is 0 Å². The first-order valence-electron chi connectivity index (χ1n) is 12.2. The summed E-state index contributed by atoms with van der Waals surface area (Å²) in [6.07, 6.45) is 3.81. The molecule has 0 unspecified atom stereocenters. The van der Waals surface area contributed by atoms with E-state index in [0.29, 0.717) is 0 Å². The van der Waals surface area contributed by atoms with Crippen LogP contribution >= 0.6 is 0 Å². The Balaban J connectivity index is 1.52. The molecule has 0 bridgehead atoms. The van der Waals surface area contributed by atoms with Crippen LogP contribution in [-0.4, -0.2) is 9.97 Å². The maximum absolute atomic E-state index is 5.10. The van der Waals surface area contributed by atoms with Gasteiger partial charge in [-0.2, -0.15) is 0 Å². The molecule has 0 aliphatic heterocycles. The molecule has 0 aliphatic carbocycles. The molecule has 0 saturated heterocycles. The van der Waals surface area contributed by atoms with Crippen molar-refractivity contribution in [2.45, 2.75) is 0 Å². The van der Waals surface area contributed by atoms with Crippen molar-refractivity contribution in [3.05, 3.63) is 134 Å². The smallest absolute Gasteiger partial charge is 0.0722 e. The molecule has 168 valence electrons. The zero-order valence-corrected chi connectivity index (χ0v) is 19.6. The fourth-order valence-corrected chi connectivity index (χ4v) is 5.21. The fourth-order valence-electron chi connectivity index (χ4n) is 5.21. The second-order valence-corrected chi connectivity index (χ2v) is 9.09. The molecule has 0 fully saturated rings. The van der Waals surface area contributed by atoms with Gasteiger partial charge in [-0.15, -0.1) is 0 Å². The van der Waals surface area contributed by atoms with Crippen molar-refractivity contribution < 1.29 is 0 Å². The van der Waals surface area contributed by atoms with Crippen molar-refractivity contribution in [2.24, 2.45) is 0 Å². The Bertz CT molecular complexity index is 1880. The molecule has 0 N–H and O–H groups in total. The lowest BCUT2D eigenvalue weighted by molar-refractivity contribution is 1.36. The Morgan fingerprint density at radius 3 is 2.11 bits per heavy atom. The van der Waals surface area contributed by atoms with Gasteiger partial charge in [-0.1, -0.05) is 97.1 Å². The molecule has 0 radical (unpaired) electrons. The van der Waals surface area contributed by atoms with E-state index in [2.05, 4.69) is 120 Å². The minimum absolute atomic E-state index is 0.980. The van der Waals surface area contributed by atoms with Gasteiger partial charge >= 0.3 is 0 Å². The maximum atomic E-state index is 5.10. The van der Waals surface area contributed by atoms with Gasteiger partial charge in [0.05, 0.1) is 11.2 Å². The molecule has 7 rings (SSSR count). The van der Waals surface area contributed by atoms with Crippen LogP contribution in [0.15, 0.2) is 134 Å². The van der Waals surface area contributed by atoms with E-state index in [1.54, 1.807) is 0 Å². The first-order valence-corrected chi connectivity index (χ1v) is 12.2. The Hall–Kier alpha value is -4.82. The number of fused-ring (bicyclic) bond motifs is 4. The highest BCUT2D eigenvalue weighted by atomic mass is 14.7. The summed E-state index contributed by atoms with van der Waals surface area (Å²) >= 11 is 0. The summed E-state index contributed by atoms with van der Waals surface area (Å²) in [7, 11) is 0. The molecule has 2 heteroatoms. The van der Waals surface area contributed by atoms with E-state index in [9.17, 15) is 0 Å². The second-order valence-electron chi connectivity index (χ2n) is 9.09. The Labute approximate surface area is 209 Å². The molecule has 0 atom stereocenters. The maximum Gasteiger partial charge on any atom is 0.0722 e. The lowest BCUT2D eigenvalue weighted by Gasteiger charge is -2.14. The molecule has 2 nitrogen and oxygen atoms in total. The van der Waals surface area contributed by atoms with E-state index in [1.807, 2.05) is 18.5 Å². The number of hydrogen-bond donors (Lipinski definition) is 0. The van der Waals surface area contributed by atoms with Gasteiger partial charge in [0.2, 0.25) is 0 Å². The molecule has 0 amide bonds. The molecule has 2 aromatic heterocycles. The average Bonchev–Trinajstić information content (AvgIpc) is 2.96. The van der Waals surface area contributed by atoms with Crippen LogP contribution in [0, 0.1) is 0 Å². The zero-order valence-electron chi connectivity index (χ0n) is 19.6. The van der Waals surface area contributed by atoms with Gasteiger partial charge < -0.3 is 0 Å². The van der Waals surface area contributed by atoms with Crippen LogP contribution in [0.2, 0.25) is 0 Å². The third-order valence-corrected chi connectivity index (χ3v) is 6.94. The van der Waals surface area contributed by atoms with Crippen LogP contribution in [0.5, 0.6) is 0 Å². The number of aromatic nitrogens is 2. The highest BCUT2D eigenvalue weighted by Crippen LogP contribution is 2.38. The van der Waals surface area contributed by atoms with Gasteiger partial charge in [0.1, 0.15) is 0 Å². The molecule has 2 heterocycles. The predicted molar refractivity (Wildman–Crippen MR) is 151 cm³/mol. The van der Waals surface area contributed by atoms with E-state index in [-0.39, 0.29) is 0 Å². The fraction of sp³-hybridized carbons (Fsp3) is 0. The monoisotopic (exact) mass is 458 g/mol. The largest absolute Gasteiger partial charge is 0.264 e. The highest BCUT2D eigenvalue weighted by Gasteiger charge is 2.14. The van der Waals surface area contributed by atoms with Gasteiger partial charge in [-0.05, 0) is 62.7 Å². The minimum atomic E-state index is 0.980. The van der Waals surface area contributed by atoms with Crippen molar-refractivity contribution in [1.82, 2.24) is 9.97 Å². The quantitative estimate of drug-likeness (QED) is 0.247. The topological polar surface area (TPSA) is 25.8 Å². The summed E-state index contributed by atoms with van der Waals surface area (Å²) in [5.74, 6) is 0. The van der Waals surface area contributed by atoms with Gasteiger partial charge in [-0.25, -0.2) is 4.98 Å². The second kappa shape index (κ2) is 8.44. The SMILES string of the molecule is c1ccc(-c2cc(-c3cccc(-c4cccc5ccncc45)c3)c3c(ccc4ccccc43)n2)cc1. The lowest BCUT2D eigenvalue weighted by Crippen LogP contribution is -1.92. The van der Waals surface area contributed by atoms with Crippen molar-refractivity contribution in [3.63, 3.8) is 0 Å². The predicted octanol–water partition coefficient (Wildman–Crippen LogP) is 8.94. The normalized spacial score (nSPS) is 11.3. The number of hydrogen-bond acceptors (Lipinski definition) is 2. The molecule has 0 saturated carbocycles. The summed E-state index contributed by atoms with van der Waals surface area (Å²) in [5.41, 5.74) is 7.83. The molecule has 36 heavy (non-hydrogen) atoms. The van der Waals surface area contributed by atoms with Crippen LogP contribution in [0.4, 0.5) is 0 Å². The van der Waals surface area contributed by atoms with Gasteiger partial charge in [0, 0.05) is 28.7 Å². The number of benzene rings is 5. The Morgan fingerprint density at radius 1 is 0.472 bits per heavy atom. The zero-order chi connectivity index (χ0) is 23.9. The number of nitrogens with zero attached hydrogens (tertiary/aromatic N) is 2. The Morgan fingerprint density at radius 2 is 1.19 bits per heavy atom. The van der Waals surface area contributed by atoms with Crippen LogP contribution in [0.3, 0.4) is 0 Å². The van der Waals surface area contributed by atoms with E-state index in [4.69, 9.17) is 4.98 Å². The first kappa shape index (κ1) is 20.5. The highest BCUT2D eigenvalue weighted by molar-refractivity contribution is 6.14. The summed E-state index contributed by atoms with van der Waals surface area (Å²) in [5, 5.41) is 5.98. The molecular weight excluding hydrogens is 436 g/mol. The van der Waals surface area contributed by atoms with Crippen LogP contribution in [0.25, 0.3) is 66.0 Å². The van der Waals surface area contributed by atoms with Crippen LogP contribution in [-0.2, 0) is 0 Å². The van der Waals surface area contributed by atoms with Gasteiger partial charge in [0.25, 0.3) is 0 Å². The number of pyridine rings is 2. The molecular formula is C34H22N2. The third-order valence-electron chi connectivity index (χ3n) is 6.94. The molecule has 7 aromatic rings. The Kier molecular flexibility index (Phi) is 4.82. The molecule has 5 aromatic carbocycles. The van der Waals surface area contributed by atoms with E-state index in [0.717, 1.165) is 22.2 Å². The van der Waals surface area contributed by atoms with E-state index >= 15 is 0 Å². The van der Waals surface area contributed by atoms with Crippen LogP contribution < -0.4 is 0 Å². The summed E-state index contributed by atoms with van der Waals surface area (Å²) in [6, 6.07) is 42.9. The van der Waals surface area contributed by atoms with E-state index < -0.39 is 0 Å². The summed E-state index contributed by atoms with van der Waals surface area (Å²) in [6.45, 7) is 0. The first-order chi connectivity index (χ1) is 17.8. The van der Waals surface area contributed by atoms with E-state index in [1.165, 1.54) is 43.8 Å². The van der Waals surface area contributed by atoms with Crippen molar-refractivity contribution in [3.8, 4) is 33.5 Å². The average molecular weight is 459 g/mol.